The number of hydrogen-bond acceptors (Lipinski definition) is 4. The van der Waals surface area contributed by atoms with Gasteiger partial charge in [-0.15, -0.1) is 0 Å². The number of aromatic hydroxyl groups is 1. The number of phenolic OH excluding ortho intramolecular Hbond substituents is 1. The molecule has 2 atom stereocenters. The van der Waals surface area contributed by atoms with Crippen LogP contribution in [-0.4, -0.2) is 41.7 Å². The zero-order chi connectivity index (χ0) is 20.5. The average Bonchev–Trinajstić information content (AvgIpc) is 2.76. The molecule has 29 heavy (non-hydrogen) atoms. The Kier molecular flexibility index (Phi) is 5.81. The minimum absolute atomic E-state index is 0.0107. The molecule has 4 rings (SSSR count). The normalized spacial score (nSPS) is 22.4. The van der Waals surface area contributed by atoms with Crippen LogP contribution in [0.1, 0.15) is 46.0 Å². The van der Waals surface area contributed by atoms with Gasteiger partial charge in [0.05, 0.1) is 12.2 Å². The third kappa shape index (κ3) is 4.00. The number of nitrogens with zero attached hydrogens (tertiary/aromatic N) is 1. The average molecular weight is 415 g/mol. The highest BCUT2D eigenvalue weighted by atomic mass is 35.5. The van der Waals surface area contributed by atoms with Crippen LogP contribution in [0.4, 0.5) is 0 Å². The Morgan fingerprint density at radius 3 is 2.55 bits per heavy atom. The van der Waals surface area contributed by atoms with Crippen molar-refractivity contribution in [1.29, 1.82) is 0 Å². The quantitative estimate of drug-likeness (QED) is 0.799. The minimum Gasteiger partial charge on any atom is -0.507 e. The zero-order valence-corrected chi connectivity index (χ0v) is 17.4. The minimum atomic E-state index is -0.191. The number of carbonyl (C=O) groups excluding carboxylic acids is 1. The lowest BCUT2D eigenvalue weighted by Gasteiger charge is -2.40. The molecule has 0 bridgehead atoms. The largest absolute Gasteiger partial charge is 0.507 e. The van der Waals surface area contributed by atoms with E-state index >= 15 is 0 Å². The fraction of sp³-hybridized carbons (Fsp3) is 0.435. The Morgan fingerprint density at radius 2 is 1.90 bits per heavy atom. The van der Waals surface area contributed by atoms with Crippen molar-refractivity contribution in [2.45, 2.75) is 38.4 Å². The molecule has 2 aromatic rings. The number of fused-ring (bicyclic) bond motifs is 1. The number of rotatable bonds is 3. The van der Waals surface area contributed by atoms with Gasteiger partial charge in [-0.1, -0.05) is 23.7 Å². The van der Waals surface area contributed by atoms with Crippen LogP contribution >= 0.6 is 11.6 Å². The highest BCUT2D eigenvalue weighted by Gasteiger charge is 2.36. The van der Waals surface area contributed by atoms with Gasteiger partial charge in [0.2, 0.25) is 0 Å². The molecule has 154 valence electrons. The molecular weight excluding hydrogens is 388 g/mol. The first-order chi connectivity index (χ1) is 14.0. The summed E-state index contributed by atoms with van der Waals surface area (Å²) in [4.78, 5) is 14.6. The molecule has 2 heterocycles. The third-order valence-corrected chi connectivity index (χ3v) is 6.52. The van der Waals surface area contributed by atoms with Crippen LogP contribution in [0.3, 0.4) is 0 Å². The summed E-state index contributed by atoms with van der Waals surface area (Å²) < 4.78 is 6.34. The van der Waals surface area contributed by atoms with Crippen molar-refractivity contribution in [1.82, 2.24) is 4.90 Å². The Morgan fingerprint density at radius 1 is 1.21 bits per heavy atom. The summed E-state index contributed by atoms with van der Waals surface area (Å²) in [5, 5.41) is 11.2. The summed E-state index contributed by atoms with van der Waals surface area (Å²) in [6.07, 6.45) is 2.27. The standard InChI is InChI=1S/C23H27ClN2O3/c1-14-2-7-18-19(22(14)27)12-20(29-21(18)13-25)15-8-10-26(11-9-15)23(28)16-3-5-17(24)6-4-16/h2-7,15,20-21,27H,8-13,25H2,1H3/t20-,21-/m0/s1. The van der Waals surface area contributed by atoms with Gasteiger partial charge in [-0.2, -0.15) is 0 Å². The first kappa shape index (κ1) is 20.2. The molecule has 0 aromatic heterocycles. The Bertz CT molecular complexity index is 892. The molecular formula is C23H27ClN2O3. The predicted molar refractivity (Wildman–Crippen MR) is 113 cm³/mol. The second-order valence-electron chi connectivity index (χ2n) is 8.04. The van der Waals surface area contributed by atoms with Gasteiger partial charge in [-0.25, -0.2) is 0 Å². The first-order valence-electron chi connectivity index (χ1n) is 10.2. The van der Waals surface area contributed by atoms with Crippen LogP contribution in [0.25, 0.3) is 0 Å². The van der Waals surface area contributed by atoms with Crippen molar-refractivity contribution in [3.05, 3.63) is 63.7 Å². The van der Waals surface area contributed by atoms with Crippen LogP contribution in [-0.2, 0) is 11.2 Å². The van der Waals surface area contributed by atoms with E-state index in [2.05, 4.69) is 0 Å². The van der Waals surface area contributed by atoms with Gasteiger partial charge in [0.1, 0.15) is 5.75 Å². The van der Waals surface area contributed by atoms with Gasteiger partial charge in [0.15, 0.2) is 0 Å². The Balaban J connectivity index is 1.44. The molecule has 0 radical (unpaired) electrons. The number of phenols is 1. The van der Waals surface area contributed by atoms with E-state index in [0.29, 0.717) is 48.3 Å². The molecule has 0 unspecified atom stereocenters. The van der Waals surface area contributed by atoms with Crippen LogP contribution in [0.2, 0.25) is 5.02 Å². The van der Waals surface area contributed by atoms with Crippen molar-refractivity contribution in [3.8, 4) is 5.75 Å². The topological polar surface area (TPSA) is 75.8 Å². The van der Waals surface area contributed by atoms with Crippen LogP contribution in [0.15, 0.2) is 36.4 Å². The summed E-state index contributed by atoms with van der Waals surface area (Å²) in [6.45, 7) is 3.70. The molecule has 1 fully saturated rings. The second kappa shape index (κ2) is 8.34. The highest BCUT2D eigenvalue weighted by molar-refractivity contribution is 6.30. The molecule has 1 saturated heterocycles. The van der Waals surface area contributed by atoms with Crippen molar-refractivity contribution in [2.75, 3.05) is 19.6 Å². The van der Waals surface area contributed by atoms with Crippen LogP contribution in [0, 0.1) is 12.8 Å². The van der Waals surface area contributed by atoms with Gasteiger partial charge >= 0.3 is 0 Å². The second-order valence-corrected chi connectivity index (χ2v) is 8.47. The Hall–Kier alpha value is -2.08. The molecule has 2 aliphatic heterocycles. The van der Waals surface area contributed by atoms with E-state index in [0.717, 1.165) is 29.5 Å². The van der Waals surface area contributed by atoms with Gasteiger partial charge in [0, 0.05) is 42.2 Å². The summed E-state index contributed by atoms with van der Waals surface area (Å²) in [5.74, 6) is 0.749. The van der Waals surface area contributed by atoms with Crippen molar-refractivity contribution in [2.24, 2.45) is 11.7 Å². The fourth-order valence-corrected chi connectivity index (χ4v) is 4.65. The number of halogens is 1. The molecule has 0 spiro atoms. The number of benzene rings is 2. The molecule has 3 N–H and O–H groups in total. The van der Waals surface area contributed by atoms with E-state index < -0.39 is 0 Å². The van der Waals surface area contributed by atoms with E-state index in [1.165, 1.54) is 0 Å². The third-order valence-electron chi connectivity index (χ3n) is 6.27. The van der Waals surface area contributed by atoms with Gasteiger partial charge in [-0.3, -0.25) is 4.79 Å². The number of piperidine rings is 1. The van der Waals surface area contributed by atoms with E-state index in [4.69, 9.17) is 22.1 Å². The monoisotopic (exact) mass is 414 g/mol. The summed E-state index contributed by atoms with van der Waals surface area (Å²) >= 11 is 5.92. The molecule has 5 nitrogen and oxygen atoms in total. The number of hydrogen-bond donors (Lipinski definition) is 2. The van der Waals surface area contributed by atoms with Crippen molar-refractivity contribution >= 4 is 17.5 Å². The molecule has 1 amide bonds. The molecule has 2 aliphatic rings. The van der Waals surface area contributed by atoms with Gasteiger partial charge in [0.25, 0.3) is 5.91 Å². The summed E-state index contributed by atoms with van der Waals surface area (Å²) in [6, 6.07) is 11.0. The number of likely N-dealkylation sites (tertiary alicyclic amines) is 1. The lowest BCUT2D eigenvalue weighted by Crippen LogP contribution is -2.44. The van der Waals surface area contributed by atoms with Crippen molar-refractivity contribution < 1.29 is 14.6 Å². The smallest absolute Gasteiger partial charge is 0.253 e. The fourth-order valence-electron chi connectivity index (χ4n) is 4.53. The molecule has 2 aromatic carbocycles. The van der Waals surface area contributed by atoms with E-state index in [1.807, 2.05) is 24.0 Å². The number of carbonyl (C=O) groups is 1. The van der Waals surface area contributed by atoms with Crippen molar-refractivity contribution in [3.63, 3.8) is 0 Å². The zero-order valence-electron chi connectivity index (χ0n) is 16.6. The summed E-state index contributed by atoms with van der Waals surface area (Å²) in [5.41, 5.74) is 9.48. The lowest BCUT2D eigenvalue weighted by molar-refractivity contribution is -0.0632. The lowest BCUT2D eigenvalue weighted by atomic mass is 9.83. The molecule has 0 aliphatic carbocycles. The first-order valence-corrected chi connectivity index (χ1v) is 10.6. The highest BCUT2D eigenvalue weighted by Crippen LogP contribution is 2.40. The molecule has 6 heteroatoms. The van der Waals surface area contributed by atoms with E-state index in [1.54, 1.807) is 24.3 Å². The Labute approximate surface area is 176 Å². The SMILES string of the molecule is Cc1ccc2c(c1O)C[C@@H](C1CCN(C(=O)c3ccc(Cl)cc3)CC1)O[C@H]2CN. The number of amides is 1. The predicted octanol–water partition coefficient (Wildman–Crippen LogP) is 3.85. The van der Waals surface area contributed by atoms with Gasteiger partial charge < -0.3 is 20.5 Å². The maximum absolute atomic E-state index is 12.7. The van der Waals surface area contributed by atoms with Crippen LogP contribution in [0.5, 0.6) is 5.75 Å². The van der Waals surface area contributed by atoms with E-state index in [9.17, 15) is 9.90 Å². The maximum Gasteiger partial charge on any atom is 0.253 e. The number of nitrogens with two attached hydrogens (primary N) is 1. The van der Waals surface area contributed by atoms with Gasteiger partial charge in [-0.05, 0) is 61.1 Å². The summed E-state index contributed by atoms with van der Waals surface area (Å²) in [7, 11) is 0. The number of aryl methyl sites for hydroxylation is 1. The maximum atomic E-state index is 12.7. The number of ether oxygens (including phenoxy) is 1. The van der Waals surface area contributed by atoms with Crippen LogP contribution < -0.4 is 5.73 Å². The molecule has 0 saturated carbocycles. The van der Waals surface area contributed by atoms with E-state index in [-0.39, 0.29) is 18.1 Å².